The largest absolute Gasteiger partial charge is 0.419 e. The zero-order valence-corrected chi connectivity index (χ0v) is 16.8. The van der Waals surface area contributed by atoms with Gasteiger partial charge in [-0.1, -0.05) is 0 Å². The van der Waals surface area contributed by atoms with Crippen LogP contribution in [0.25, 0.3) is 0 Å². The van der Waals surface area contributed by atoms with Gasteiger partial charge in [0.05, 0.1) is 28.6 Å². The molecule has 0 aromatic carbocycles. The summed E-state index contributed by atoms with van der Waals surface area (Å²) in [6.07, 6.45) is -7.30. The molecule has 3 aromatic rings. The zero-order chi connectivity index (χ0) is 24.0. The Labute approximate surface area is 183 Å². The molecule has 1 unspecified atom stereocenters. The Hall–Kier alpha value is -3.64. The second-order valence-electron chi connectivity index (χ2n) is 7.40. The summed E-state index contributed by atoms with van der Waals surface area (Å²) in [5.74, 6) is -0.396. The number of aromatic nitrogens is 4. The van der Waals surface area contributed by atoms with Crippen molar-refractivity contribution in [3.8, 4) is 0 Å². The van der Waals surface area contributed by atoms with Crippen molar-refractivity contribution in [3.05, 3.63) is 64.7 Å². The summed E-state index contributed by atoms with van der Waals surface area (Å²) in [4.78, 5) is 17.3. The molecule has 0 radical (unpaired) electrons. The molecule has 174 valence electrons. The van der Waals surface area contributed by atoms with Crippen molar-refractivity contribution in [2.24, 2.45) is 0 Å². The fourth-order valence-corrected chi connectivity index (χ4v) is 3.83. The van der Waals surface area contributed by atoms with Gasteiger partial charge in [-0.25, -0.2) is 9.97 Å². The molecule has 0 fully saturated rings. The third-order valence-electron chi connectivity index (χ3n) is 5.33. The van der Waals surface area contributed by atoms with Crippen LogP contribution in [0.2, 0.25) is 0 Å². The average Bonchev–Trinajstić information content (AvgIpc) is 2.92. The fourth-order valence-electron chi connectivity index (χ4n) is 3.83. The van der Waals surface area contributed by atoms with E-state index in [0.29, 0.717) is 17.5 Å². The monoisotopic (exact) mass is 469 g/mol. The Bertz CT molecular complexity index is 1160. The first kappa shape index (κ1) is 22.6. The van der Waals surface area contributed by atoms with Crippen molar-refractivity contribution >= 4 is 17.6 Å². The topological polar surface area (TPSA) is 107 Å². The summed E-state index contributed by atoms with van der Waals surface area (Å²) in [5.41, 5.74) is 10.7. The van der Waals surface area contributed by atoms with Crippen LogP contribution in [0.3, 0.4) is 0 Å². The van der Waals surface area contributed by atoms with Crippen LogP contribution in [0.15, 0.2) is 36.7 Å². The predicted molar refractivity (Wildman–Crippen MR) is 107 cm³/mol. The van der Waals surface area contributed by atoms with E-state index in [0.717, 1.165) is 24.3 Å². The van der Waals surface area contributed by atoms with Crippen LogP contribution in [0.1, 0.15) is 34.1 Å². The van der Waals surface area contributed by atoms with Crippen molar-refractivity contribution in [1.29, 1.82) is 0 Å². The molecule has 3 aromatic heterocycles. The molecule has 0 spiro atoms. The molecule has 1 aliphatic rings. The minimum absolute atomic E-state index is 0.0118. The van der Waals surface area contributed by atoms with Gasteiger partial charge in [0.25, 0.3) is 0 Å². The maximum Gasteiger partial charge on any atom is 0.419 e. The van der Waals surface area contributed by atoms with Gasteiger partial charge in [-0.05, 0) is 30.7 Å². The van der Waals surface area contributed by atoms with Gasteiger partial charge in [-0.15, -0.1) is 0 Å². The summed E-state index contributed by atoms with van der Waals surface area (Å²) in [5, 5.41) is 0. The number of rotatable bonds is 2. The molecule has 7 nitrogen and oxygen atoms in total. The molecule has 0 saturated heterocycles. The zero-order valence-electron chi connectivity index (χ0n) is 16.8. The van der Waals surface area contributed by atoms with E-state index in [9.17, 15) is 26.3 Å². The number of fused-ring (bicyclic) bond motifs is 1. The number of anilines is 3. The molecule has 0 saturated carbocycles. The Kier molecular flexibility index (Phi) is 5.50. The van der Waals surface area contributed by atoms with E-state index in [1.807, 2.05) is 0 Å². The highest BCUT2D eigenvalue weighted by molar-refractivity contribution is 5.54. The van der Waals surface area contributed by atoms with E-state index < -0.39 is 29.5 Å². The minimum Gasteiger partial charge on any atom is -0.383 e. The Morgan fingerprint density at radius 3 is 2.33 bits per heavy atom. The van der Waals surface area contributed by atoms with Gasteiger partial charge in [0.1, 0.15) is 11.6 Å². The SMILES string of the molecule is Nc1nc(N)c2c(n1)CC(c1ccc(C(F)(F)F)cn1)N(c1ncccc1C(F)(F)F)CC2. The number of nitrogens with zero attached hydrogens (tertiary/aromatic N) is 5. The molecule has 4 heterocycles. The maximum absolute atomic E-state index is 13.7. The van der Waals surface area contributed by atoms with Gasteiger partial charge < -0.3 is 16.4 Å². The summed E-state index contributed by atoms with van der Waals surface area (Å²) in [6, 6.07) is 3.10. The van der Waals surface area contributed by atoms with Gasteiger partial charge in [0.15, 0.2) is 0 Å². The van der Waals surface area contributed by atoms with Crippen LogP contribution in [-0.4, -0.2) is 26.5 Å². The van der Waals surface area contributed by atoms with E-state index in [1.165, 1.54) is 11.1 Å². The molecular weight excluding hydrogens is 452 g/mol. The Balaban J connectivity index is 1.86. The molecule has 1 atom stereocenters. The van der Waals surface area contributed by atoms with Crippen molar-refractivity contribution in [3.63, 3.8) is 0 Å². The maximum atomic E-state index is 13.7. The number of pyridine rings is 2. The van der Waals surface area contributed by atoms with Gasteiger partial charge in [-0.2, -0.15) is 31.3 Å². The smallest absolute Gasteiger partial charge is 0.383 e. The van der Waals surface area contributed by atoms with Crippen LogP contribution >= 0.6 is 0 Å². The van der Waals surface area contributed by atoms with Crippen LogP contribution < -0.4 is 16.4 Å². The standard InChI is InChI=1S/C20H17F6N7/c21-19(22,23)10-3-4-13(30-9-10)15-8-14-11(16(27)32-18(28)31-14)5-7-33(15)17-12(20(24,25)26)2-1-6-29-17/h1-4,6,9,15H,5,7-8H2,(H4,27,28,31,32). The molecular formula is C20H17F6N7. The van der Waals surface area contributed by atoms with Crippen LogP contribution in [0.5, 0.6) is 0 Å². The quantitative estimate of drug-likeness (QED) is 0.550. The molecule has 4 rings (SSSR count). The van der Waals surface area contributed by atoms with Crippen molar-refractivity contribution in [2.45, 2.75) is 31.2 Å². The second-order valence-corrected chi connectivity index (χ2v) is 7.40. The first-order valence-electron chi connectivity index (χ1n) is 9.68. The first-order valence-corrected chi connectivity index (χ1v) is 9.68. The fraction of sp³-hybridized carbons (Fsp3) is 0.300. The summed E-state index contributed by atoms with van der Waals surface area (Å²) < 4.78 is 80.2. The first-order chi connectivity index (χ1) is 15.4. The van der Waals surface area contributed by atoms with Crippen LogP contribution in [-0.2, 0) is 25.2 Å². The number of hydrogen-bond acceptors (Lipinski definition) is 7. The Morgan fingerprint density at radius 1 is 0.939 bits per heavy atom. The van der Waals surface area contributed by atoms with E-state index in [4.69, 9.17) is 11.5 Å². The number of halogens is 6. The van der Waals surface area contributed by atoms with Crippen molar-refractivity contribution in [1.82, 2.24) is 19.9 Å². The minimum atomic E-state index is -4.70. The highest BCUT2D eigenvalue weighted by atomic mass is 19.4. The number of nitrogens with two attached hydrogens (primary N) is 2. The number of hydrogen-bond donors (Lipinski definition) is 2. The molecule has 0 bridgehead atoms. The summed E-state index contributed by atoms with van der Waals surface area (Å²) in [6.45, 7) is 0.0118. The second kappa shape index (κ2) is 8.05. The van der Waals surface area contributed by atoms with Crippen LogP contribution in [0.4, 0.5) is 43.9 Å². The van der Waals surface area contributed by atoms with E-state index in [2.05, 4.69) is 19.9 Å². The van der Waals surface area contributed by atoms with E-state index in [1.54, 1.807) is 0 Å². The highest BCUT2D eigenvalue weighted by Crippen LogP contribution is 2.40. The molecule has 0 aliphatic carbocycles. The van der Waals surface area contributed by atoms with Crippen LogP contribution in [0, 0.1) is 0 Å². The number of alkyl halides is 6. The third-order valence-corrected chi connectivity index (χ3v) is 5.33. The van der Waals surface area contributed by atoms with Gasteiger partial charge in [0.2, 0.25) is 5.95 Å². The average molecular weight is 469 g/mol. The lowest BCUT2D eigenvalue weighted by Gasteiger charge is -2.32. The van der Waals surface area contributed by atoms with Gasteiger partial charge >= 0.3 is 12.4 Å². The lowest BCUT2D eigenvalue weighted by Crippen LogP contribution is -2.33. The lowest BCUT2D eigenvalue weighted by atomic mass is 10.0. The normalized spacial score (nSPS) is 16.9. The lowest BCUT2D eigenvalue weighted by molar-refractivity contribution is -0.138. The number of nitrogen functional groups attached to an aromatic ring is 2. The summed E-state index contributed by atoms with van der Waals surface area (Å²) in [7, 11) is 0. The summed E-state index contributed by atoms with van der Waals surface area (Å²) >= 11 is 0. The third kappa shape index (κ3) is 4.47. The predicted octanol–water partition coefficient (Wildman–Crippen LogP) is 3.82. The highest BCUT2D eigenvalue weighted by Gasteiger charge is 2.39. The molecule has 33 heavy (non-hydrogen) atoms. The van der Waals surface area contributed by atoms with Gasteiger partial charge in [-0.3, -0.25) is 4.98 Å². The van der Waals surface area contributed by atoms with Crippen molar-refractivity contribution < 1.29 is 26.3 Å². The molecule has 4 N–H and O–H groups in total. The molecule has 1 aliphatic heterocycles. The molecule has 13 heteroatoms. The van der Waals surface area contributed by atoms with Crippen molar-refractivity contribution in [2.75, 3.05) is 22.9 Å². The molecule has 0 amide bonds. The van der Waals surface area contributed by atoms with Gasteiger partial charge in [0, 0.05) is 30.9 Å². The van der Waals surface area contributed by atoms with E-state index in [-0.39, 0.29) is 42.7 Å². The Morgan fingerprint density at radius 2 is 1.70 bits per heavy atom. The van der Waals surface area contributed by atoms with E-state index >= 15 is 0 Å².